The summed E-state index contributed by atoms with van der Waals surface area (Å²) in [5.41, 5.74) is 0. The van der Waals surface area contributed by atoms with Gasteiger partial charge in [-0.2, -0.15) is 0 Å². The van der Waals surface area contributed by atoms with Crippen LogP contribution < -0.4 is 10.6 Å². The third-order valence-corrected chi connectivity index (χ3v) is 3.10. The standard InChI is InChI=1S/C10H16F2N2O.ClH/c11-10(12)4-7(5-10)9(15)14-8-2-1-3-13-6-8;/h7-8,13H,1-6H2,(H,14,15);1H. The molecule has 1 unspecified atom stereocenters. The van der Waals surface area contributed by atoms with Crippen LogP contribution in [0.3, 0.4) is 0 Å². The van der Waals surface area contributed by atoms with Crippen LogP contribution in [0, 0.1) is 5.92 Å². The van der Waals surface area contributed by atoms with Crippen molar-refractivity contribution in [3.63, 3.8) is 0 Å². The van der Waals surface area contributed by atoms with Crippen LogP contribution in [-0.4, -0.2) is 31.0 Å². The monoisotopic (exact) mass is 254 g/mol. The molecule has 0 aromatic rings. The molecule has 16 heavy (non-hydrogen) atoms. The molecule has 0 bridgehead atoms. The van der Waals surface area contributed by atoms with Gasteiger partial charge in [0.2, 0.25) is 11.8 Å². The summed E-state index contributed by atoms with van der Waals surface area (Å²) >= 11 is 0. The molecule has 6 heteroatoms. The number of alkyl halides is 2. The second kappa shape index (κ2) is 5.27. The van der Waals surface area contributed by atoms with Crippen molar-refractivity contribution >= 4 is 18.3 Å². The number of nitrogens with one attached hydrogen (secondary N) is 2. The van der Waals surface area contributed by atoms with E-state index in [9.17, 15) is 13.6 Å². The number of hydrogen-bond acceptors (Lipinski definition) is 2. The SMILES string of the molecule is Cl.O=C(NC1CCCNC1)C1CC(F)(F)C1. The van der Waals surface area contributed by atoms with Crippen molar-refractivity contribution in [3.8, 4) is 0 Å². The molecule has 2 fully saturated rings. The van der Waals surface area contributed by atoms with E-state index in [0.29, 0.717) is 0 Å². The Morgan fingerprint density at radius 1 is 1.38 bits per heavy atom. The highest BCUT2D eigenvalue weighted by Crippen LogP contribution is 2.42. The summed E-state index contributed by atoms with van der Waals surface area (Å²) < 4.78 is 25.1. The van der Waals surface area contributed by atoms with E-state index in [1.807, 2.05) is 0 Å². The number of piperidine rings is 1. The van der Waals surface area contributed by atoms with Gasteiger partial charge in [-0.3, -0.25) is 4.79 Å². The van der Waals surface area contributed by atoms with Gasteiger partial charge in [0.15, 0.2) is 0 Å². The highest BCUT2D eigenvalue weighted by molar-refractivity contribution is 5.85. The Morgan fingerprint density at radius 3 is 2.56 bits per heavy atom. The zero-order valence-corrected chi connectivity index (χ0v) is 9.79. The first-order valence-corrected chi connectivity index (χ1v) is 5.46. The number of hydrogen-bond donors (Lipinski definition) is 2. The van der Waals surface area contributed by atoms with Crippen molar-refractivity contribution in [2.75, 3.05) is 13.1 Å². The Hall–Kier alpha value is -0.420. The van der Waals surface area contributed by atoms with Gasteiger partial charge in [-0.25, -0.2) is 8.78 Å². The quantitative estimate of drug-likeness (QED) is 0.781. The average molecular weight is 255 g/mol. The molecule has 1 heterocycles. The molecule has 0 spiro atoms. The Labute approximate surface area is 99.8 Å². The van der Waals surface area contributed by atoms with Crippen molar-refractivity contribution in [1.82, 2.24) is 10.6 Å². The summed E-state index contributed by atoms with van der Waals surface area (Å²) in [5, 5.41) is 5.99. The van der Waals surface area contributed by atoms with Gasteiger partial charge < -0.3 is 10.6 Å². The fraction of sp³-hybridized carbons (Fsp3) is 0.900. The number of carbonyl (C=O) groups excluding carboxylic acids is 1. The van der Waals surface area contributed by atoms with Crippen molar-refractivity contribution in [1.29, 1.82) is 0 Å². The minimum absolute atomic E-state index is 0. The zero-order chi connectivity index (χ0) is 10.9. The Balaban J connectivity index is 0.00000128. The fourth-order valence-corrected chi connectivity index (χ4v) is 2.14. The highest BCUT2D eigenvalue weighted by Gasteiger charge is 2.48. The average Bonchev–Trinajstić information content (AvgIpc) is 2.15. The second-order valence-corrected chi connectivity index (χ2v) is 4.51. The summed E-state index contributed by atoms with van der Waals surface area (Å²) in [6, 6.07) is 0.125. The largest absolute Gasteiger partial charge is 0.352 e. The van der Waals surface area contributed by atoms with Gasteiger partial charge in [-0.15, -0.1) is 12.4 Å². The van der Waals surface area contributed by atoms with Gasteiger partial charge in [0.1, 0.15) is 0 Å². The topological polar surface area (TPSA) is 41.1 Å². The van der Waals surface area contributed by atoms with Gasteiger partial charge in [-0.05, 0) is 19.4 Å². The first kappa shape index (κ1) is 13.6. The van der Waals surface area contributed by atoms with Crippen LogP contribution in [0.2, 0.25) is 0 Å². The summed E-state index contributed by atoms with van der Waals surface area (Å²) in [4.78, 5) is 11.5. The minimum Gasteiger partial charge on any atom is -0.352 e. The molecule has 2 rings (SSSR count). The van der Waals surface area contributed by atoms with Crippen molar-refractivity contribution in [2.45, 2.75) is 37.6 Å². The van der Waals surface area contributed by atoms with Crippen molar-refractivity contribution < 1.29 is 13.6 Å². The van der Waals surface area contributed by atoms with E-state index < -0.39 is 11.8 Å². The number of halogens is 3. The predicted octanol–water partition coefficient (Wildman–Crippen LogP) is 1.32. The maximum absolute atomic E-state index is 12.5. The van der Waals surface area contributed by atoms with Gasteiger partial charge in [0.05, 0.1) is 0 Å². The highest BCUT2D eigenvalue weighted by atomic mass is 35.5. The summed E-state index contributed by atoms with van der Waals surface area (Å²) in [5.74, 6) is -3.27. The minimum atomic E-state index is -2.60. The summed E-state index contributed by atoms with van der Waals surface area (Å²) in [6.45, 7) is 1.74. The van der Waals surface area contributed by atoms with E-state index in [2.05, 4.69) is 10.6 Å². The fourth-order valence-electron chi connectivity index (χ4n) is 2.14. The van der Waals surface area contributed by atoms with Crippen molar-refractivity contribution in [2.24, 2.45) is 5.92 Å². The molecule has 1 saturated heterocycles. The van der Waals surface area contributed by atoms with Crippen LogP contribution in [0.25, 0.3) is 0 Å². The molecular formula is C10H17ClF2N2O. The van der Waals surface area contributed by atoms with E-state index in [0.717, 1.165) is 25.9 Å². The molecule has 2 N–H and O–H groups in total. The molecular weight excluding hydrogens is 238 g/mol. The smallest absolute Gasteiger partial charge is 0.249 e. The maximum atomic E-state index is 12.5. The van der Waals surface area contributed by atoms with E-state index >= 15 is 0 Å². The zero-order valence-electron chi connectivity index (χ0n) is 8.97. The predicted molar refractivity (Wildman–Crippen MR) is 59.0 cm³/mol. The van der Waals surface area contributed by atoms with Crippen LogP contribution in [0.4, 0.5) is 8.78 Å². The molecule has 3 nitrogen and oxygen atoms in total. The van der Waals surface area contributed by atoms with Gasteiger partial charge in [0.25, 0.3) is 0 Å². The van der Waals surface area contributed by atoms with E-state index in [1.165, 1.54) is 0 Å². The summed E-state index contributed by atoms with van der Waals surface area (Å²) in [7, 11) is 0. The molecule has 1 aliphatic heterocycles. The first-order chi connectivity index (χ1) is 7.07. The molecule has 1 aliphatic carbocycles. The number of carbonyl (C=O) groups is 1. The van der Waals surface area contributed by atoms with E-state index in [-0.39, 0.29) is 37.2 Å². The van der Waals surface area contributed by atoms with Gasteiger partial charge in [0, 0.05) is 31.3 Å². The third-order valence-electron chi connectivity index (χ3n) is 3.10. The second-order valence-electron chi connectivity index (χ2n) is 4.51. The Bertz CT molecular complexity index is 249. The number of amides is 1. The van der Waals surface area contributed by atoms with Crippen LogP contribution >= 0.6 is 12.4 Å². The normalized spacial score (nSPS) is 28.8. The van der Waals surface area contributed by atoms with Crippen LogP contribution in [0.15, 0.2) is 0 Å². The molecule has 94 valence electrons. The summed E-state index contributed by atoms with van der Waals surface area (Å²) in [6.07, 6.45) is 1.42. The molecule has 0 radical (unpaired) electrons. The Kier molecular flexibility index (Phi) is 4.50. The molecule has 0 aromatic heterocycles. The van der Waals surface area contributed by atoms with Gasteiger partial charge in [-0.1, -0.05) is 0 Å². The van der Waals surface area contributed by atoms with Crippen LogP contribution in [0.5, 0.6) is 0 Å². The lowest BCUT2D eigenvalue weighted by Crippen LogP contribution is -2.51. The third kappa shape index (κ3) is 3.28. The van der Waals surface area contributed by atoms with Crippen LogP contribution in [-0.2, 0) is 4.79 Å². The lowest BCUT2D eigenvalue weighted by molar-refractivity contribution is -0.150. The number of rotatable bonds is 2. The lowest BCUT2D eigenvalue weighted by Gasteiger charge is -2.35. The van der Waals surface area contributed by atoms with Gasteiger partial charge >= 0.3 is 0 Å². The Morgan fingerprint density at radius 2 is 2.06 bits per heavy atom. The molecule has 2 aliphatic rings. The molecule has 0 aromatic carbocycles. The lowest BCUT2D eigenvalue weighted by atomic mass is 9.80. The van der Waals surface area contributed by atoms with Crippen molar-refractivity contribution in [3.05, 3.63) is 0 Å². The molecule has 1 saturated carbocycles. The van der Waals surface area contributed by atoms with E-state index in [1.54, 1.807) is 0 Å². The maximum Gasteiger partial charge on any atom is 0.249 e. The van der Waals surface area contributed by atoms with E-state index in [4.69, 9.17) is 0 Å². The molecule has 1 amide bonds. The van der Waals surface area contributed by atoms with Crippen LogP contribution in [0.1, 0.15) is 25.7 Å². The first-order valence-electron chi connectivity index (χ1n) is 5.46. The molecule has 1 atom stereocenters.